The van der Waals surface area contributed by atoms with Gasteiger partial charge in [-0.3, -0.25) is 5.41 Å². The van der Waals surface area contributed by atoms with E-state index in [1.807, 2.05) is 0 Å². The summed E-state index contributed by atoms with van der Waals surface area (Å²) in [7, 11) is 2.10. The molecule has 0 amide bonds. The fraction of sp³-hybridized carbons (Fsp3) is 0.875. The molecule has 0 unspecified atom stereocenters. The van der Waals surface area contributed by atoms with Gasteiger partial charge in [0.1, 0.15) is 0 Å². The van der Waals surface area contributed by atoms with Crippen molar-refractivity contribution in [1.82, 2.24) is 4.90 Å². The lowest BCUT2D eigenvalue weighted by molar-refractivity contribution is 0.332. The predicted molar refractivity (Wildman–Crippen MR) is 48.9 cm³/mol. The van der Waals surface area contributed by atoms with E-state index in [1.54, 1.807) is 0 Å². The number of nitrogens with two attached hydrogens (primary N) is 1. The first-order valence-electron chi connectivity index (χ1n) is 4.18. The Labute approximate surface area is 69.1 Å². The van der Waals surface area contributed by atoms with Crippen LogP contribution in [0.4, 0.5) is 0 Å². The standard InChI is InChI=1S/C8H19N3/c1-3-6-11(2)7-4-5-8(9)10/h3-7H2,1-2H3,(H3,9,10). The van der Waals surface area contributed by atoms with Crippen LogP contribution in [0.2, 0.25) is 0 Å². The van der Waals surface area contributed by atoms with Crippen LogP contribution in [0.25, 0.3) is 0 Å². The van der Waals surface area contributed by atoms with E-state index in [9.17, 15) is 0 Å². The average Bonchev–Trinajstić information content (AvgIpc) is 1.87. The van der Waals surface area contributed by atoms with Crippen LogP contribution >= 0.6 is 0 Å². The molecule has 0 aliphatic rings. The van der Waals surface area contributed by atoms with Gasteiger partial charge in [-0.2, -0.15) is 0 Å². The lowest BCUT2D eigenvalue weighted by atomic mass is 10.3. The van der Waals surface area contributed by atoms with E-state index in [1.165, 1.54) is 6.42 Å². The molecule has 0 aromatic heterocycles. The molecule has 0 fully saturated rings. The SMILES string of the molecule is CCCN(C)CCCC(=N)N. The first-order chi connectivity index (χ1) is 5.16. The number of rotatable bonds is 6. The van der Waals surface area contributed by atoms with Crippen LogP contribution in [0.1, 0.15) is 26.2 Å². The van der Waals surface area contributed by atoms with E-state index in [0.29, 0.717) is 5.84 Å². The molecule has 11 heavy (non-hydrogen) atoms. The van der Waals surface area contributed by atoms with Crippen LogP contribution in [0.5, 0.6) is 0 Å². The summed E-state index contributed by atoms with van der Waals surface area (Å²) in [6, 6.07) is 0. The first kappa shape index (κ1) is 10.4. The Kier molecular flexibility index (Phi) is 5.84. The van der Waals surface area contributed by atoms with Crippen molar-refractivity contribution in [2.24, 2.45) is 5.73 Å². The minimum Gasteiger partial charge on any atom is -0.388 e. The van der Waals surface area contributed by atoms with E-state index in [-0.39, 0.29) is 0 Å². The van der Waals surface area contributed by atoms with Crippen LogP contribution in [0.15, 0.2) is 0 Å². The molecule has 0 saturated carbocycles. The summed E-state index contributed by atoms with van der Waals surface area (Å²) < 4.78 is 0. The molecule has 3 N–H and O–H groups in total. The molecule has 3 heteroatoms. The third-order valence-electron chi connectivity index (χ3n) is 1.59. The van der Waals surface area contributed by atoms with E-state index in [2.05, 4.69) is 18.9 Å². The van der Waals surface area contributed by atoms with Crippen molar-refractivity contribution in [3.05, 3.63) is 0 Å². The Hall–Kier alpha value is -0.570. The van der Waals surface area contributed by atoms with Gasteiger partial charge in [0.25, 0.3) is 0 Å². The Morgan fingerprint density at radius 2 is 2.09 bits per heavy atom. The average molecular weight is 157 g/mol. The van der Waals surface area contributed by atoms with Gasteiger partial charge in [-0.15, -0.1) is 0 Å². The van der Waals surface area contributed by atoms with Gasteiger partial charge in [0.15, 0.2) is 0 Å². The molecule has 3 nitrogen and oxygen atoms in total. The number of hydrogen-bond acceptors (Lipinski definition) is 2. The van der Waals surface area contributed by atoms with Gasteiger partial charge >= 0.3 is 0 Å². The van der Waals surface area contributed by atoms with Crippen molar-refractivity contribution in [2.45, 2.75) is 26.2 Å². The van der Waals surface area contributed by atoms with Gasteiger partial charge in [-0.1, -0.05) is 6.92 Å². The van der Waals surface area contributed by atoms with Crippen molar-refractivity contribution < 1.29 is 0 Å². The van der Waals surface area contributed by atoms with Crippen LogP contribution < -0.4 is 5.73 Å². The highest BCUT2D eigenvalue weighted by atomic mass is 15.1. The third-order valence-corrected chi connectivity index (χ3v) is 1.59. The second-order valence-corrected chi connectivity index (χ2v) is 2.93. The monoisotopic (exact) mass is 157 g/mol. The second-order valence-electron chi connectivity index (χ2n) is 2.93. The molecular weight excluding hydrogens is 138 g/mol. The van der Waals surface area contributed by atoms with E-state index in [0.717, 1.165) is 25.9 Å². The van der Waals surface area contributed by atoms with Crippen molar-refractivity contribution in [3.63, 3.8) is 0 Å². The molecule has 0 aromatic carbocycles. The minimum absolute atomic E-state index is 0.301. The van der Waals surface area contributed by atoms with Crippen LogP contribution in [0.3, 0.4) is 0 Å². The third kappa shape index (κ3) is 7.33. The molecule has 0 bridgehead atoms. The first-order valence-corrected chi connectivity index (χ1v) is 4.18. The summed E-state index contributed by atoms with van der Waals surface area (Å²) in [5.41, 5.74) is 5.22. The highest BCUT2D eigenvalue weighted by Gasteiger charge is 1.96. The lowest BCUT2D eigenvalue weighted by Crippen LogP contribution is -2.21. The second kappa shape index (κ2) is 6.16. The Bertz CT molecular complexity index is 112. The number of hydrogen-bond donors (Lipinski definition) is 2. The highest BCUT2D eigenvalue weighted by Crippen LogP contribution is 1.92. The van der Waals surface area contributed by atoms with E-state index >= 15 is 0 Å². The topological polar surface area (TPSA) is 53.1 Å². The molecule has 0 aliphatic carbocycles. The van der Waals surface area contributed by atoms with Crippen LogP contribution in [-0.4, -0.2) is 30.9 Å². The largest absolute Gasteiger partial charge is 0.388 e. The zero-order valence-corrected chi connectivity index (χ0v) is 7.56. The predicted octanol–water partition coefficient (Wildman–Crippen LogP) is 1.04. The molecule has 0 spiro atoms. The quantitative estimate of drug-likeness (QED) is 0.447. The Balaban J connectivity index is 3.16. The summed E-state index contributed by atoms with van der Waals surface area (Å²) >= 11 is 0. The zero-order chi connectivity index (χ0) is 8.69. The molecule has 0 radical (unpaired) electrons. The fourth-order valence-electron chi connectivity index (χ4n) is 1.03. The highest BCUT2D eigenvalue weighted by molar-refractivity contribution is 5.76. The van der Waals surface area contributed by atoms with Crippen LogP contribution in [0, 0.1) is 5.41 Å². The van der Waals surface area contributed by atoms with Gasteiger partial charge in [0.2, 0.25) is 0 Å². The van der Waals surface area contributed by atoms with E-state index in [4.69, 9.17) is 11.1 Å². The molecule has 66 valence electrons. The maximum atomic E-state index is 7.00. The Morgan fingerprint density at radius 3 is 2.55 bits per heavy atom. The minimum atomic E-state index is 0.301. The maximum absolute atomic E-state index is 7.00. The summed E-state index contributed by atoms with van der Waals surface area (Å²) in [6.45, 7) is 4.35. The summed E-state index contributed by atoms with van der Waals surface area (Å²) in [5.74, 6) is 0.301. The number of nitrogens with zero attached hydrogens (tertiary/aromatic N) is 1. The fourth-order valence-corrected chi connectivity index (χ4v) is 1.03. The summed E-state index contributed by atoms with van der Waals surface area (Å²) in [6.07, 6.45) is 2.93. The van der Waals surface area contributed by atoms with Crippen molar-refractivity contribution in [1.29, 1.82) is 5.41 Å². The van der Waals surface area contributed by atoms with Gasteiger partial charge in [-0.05, 0) is 33.0 Å². The molecule has 0 aromatic rings. The zero-order valence-electron chi connectivity index (χ0n) is 7.56. The molecule has 0 saturated heterocycles. The van der Waals surface area contributed by atoms with Gasteiger partial charge in [0, 0.05) is 6.42 Å². The molecule has 0 aliphatic heterocycles. The van der Waals surface area contributed by atoms with Crippen molar-refractivity contribution in [2.75, 3.05) is 20.1 Å². The summed E-state index contributed by atoms with van der Waals surface area (Å²) in [5, 5.41) is 7.00. The molecule has 0 atom stereocenters. The van der Waals surface area contributed by atoms with Gasteiger partial charge < -0.3 is 10.6 Å². The number of nitrogens with one attached hydrogen (secondary N) is 1. The Morgan fingerprint density at radius 1 is 1.45 bits per heavy atom. The lowest BCUT2D eigenvalue weighted by Gasteiger charge is -2.14. The smallest absolute Gasteiger partial charge is 0.0905 e. The maximum Gasteiger partial charge on any atom is 0.0905 e. The van der Waals surface area contributed by atoms with Crippen molar-refractivity contribution in [3.8, 4) is 0 Å². The summed E-state index contributed by atoms with van der Waals surface area (Å²) in [4.78, 5) is 2.27. The molecule has 0 rings (SSSR count). The van der Waals surface area contributed by atoms with Gasteiger partial charge in [-0.25, -0.2) is 0 Å². The molecule has 0 heterocycles. The van der Waals surface area contributed by atoms with Gasteiger partial charge in [0.05, 0.1) is 5.84 Å². The van der Waals surface area contributed by atoms with Crippen LogP contribution in [-0.2, 0) is 0 Å². The van der Waals surface area contributed by atoms with Crippen molar-refractivity contribution >= 4 is 5.84 Å². The normalized spacial score (nSPS) is 10.5. The molecular formula is C8H19N3. The number of amidine groups is 1. The van der Waals surface area contributed by atoms with E-state index < -0.39 is 0 Å².